The number of phenols is 1. The third kappa shape index (κ3) is 4.17. The van der Waals surface area contributed by atoms with Crippen molar-refractivity contribution in [1.82, 2.24) is 14.9 Å². The quantitative estimate of drug-likeness (QED) is 0.272. The van der Waals surface area contributed by atoms with Crippen LogP contribution in [0, 0.1) is 31.6 Å². The number of anilines is 1. The fourth-order valence-corrected chi connectivity index (χ4v) is 8.71. The number of benzene rings is 1. The van der Waals surface area contributed by atoms with Gasteiger partial charge < -0.3 is 5.11 Å². The van der Waals surface area contributed by atoms with Crippen molar-refractivity contribution in [2.24, 2.45) is 17.8 Å². The summed E-state index contributed by atoms with van der Waals surface area (Å²) in [6, 6.07) is 4.95. The largest absolute Gasteiger partial charge is 0.507 e. The molecule has 15 heteroatoms. The lowest BCUT2D eigenvalue weighted by molar-refractivity contribution is -0.141. The number of nitrogens with zero attached hydrogens (tertiary/aromatic N) is 4. The van der Waals surface area contributed by atoms with Gasteiger partial charge in [0.15, 0.2) is 15.6 Å². The minimum Gasteiger partial charge on any atom is -0.507 e. The number of rotatable bonds is 3. The van der Waals surface area contributed by atoms with Crippen LogP contribution in [0.5, 0.6) is 5.75 Å². The number of allylic oxidation sites excluding steroid dienone is 2. The Hall–Kier alpha value is -3.35. The average Bonchev–Trinajstić information content (AvgIpc) is 3.29. The predicted octanol–water partition coefficient (Wildman–Crippen LogP) is 5.12. The molecule has 1 N–H and O–H groups in total. The number of hydrogen-bond donors (Lipinski definition) is 1. The number of carbonyl (C=O) groups excluding carboxylic acids is 4. The van der Waals surface area contributed by atoms with Gasteiger partial charge in [-0.05, 0) is 61.4 Å². The number of fused-ring (bicyclic) bond motifs is 4. The highest BCUT2D eigenvalue weighted by Gasteiger charge is 2.76. The minimum absolute atomic E-state index is 0.0348. The lowest BCUT2D eigenvalue weighted by Crippen LogP contribution is -2.60. The van der Waals surface area contributed by atoms with Gasteiger partial charge in [0.2, 0.25) is 0 Å². The van der Waals surface area contributed by atoms with Gasteiger partial charge in [0.1, 0.15) is 11.4 Å². The Morgan fingerprint density at radius 2 is 1.64 bits per heavy atom. The topological polar surface area (TPSA) is 111 Å². The first-order chi connectivity index (χ1) is 20.9. The Morgan fingerprint density at radius 1 is 1.02 bits per heavy atom. The van der Waals surface area contributed by atoms with Gasteiger partial charge in [-0.15, -0.1) is 23.2 Å². The van der Waals surface area contributed by atoms with Crippen LogP contribution in [0.3, 0.4) is 0 Å². The molecule has 0 unspecified atom stereocenters. The lowest BCUT2D eigenvalue weighted by Gasteiger charge is -2.51. The Labute approximate surface area is 270 Å². The third-order valence-electron chi connectivity index (χ3n) is 9.56. The molecule has 3 fully saturated rings. The molecule has 0 spiro atoms. The molecule has 0 radical (unpaired) electrons. The summed E-state index contributed by atoms with van der Waals surface area (Å²) in [4.78, 5) is 55.7. The fourth-order valence-electron chi connectivity index (χ4n) is 7.46. The van der Waals surface area contributed by atoms with E-state index >= 15 is 0 Å². The molecule has 4 amide bonds. The number of halogens is 6. The molecule has 9 nitrogen and oxygen atoms in total. The van der Waals surface area contributed by atoms with Gasteiger partial charge in [0, 0.05) is 20.0 Å². The number of hydrogen-bond acceptors (Lipinski definition) is 7. The zero-order valence-electron chi connectivity index (χ0n) is 24.2. The molecule has 0 bridgehead atoms. The molecule has 2 saturated heterocycles. The highest BCUT2D eigenvalue weighted by atomic mass is 35.5. The number of aryl methyl sites for hydroxylation is 2. The van der Waals surface area contributed by atoms with Gasteiger partial charge in [-0.2, -0.15) is 18.2 Å². The van der Waals surface area contributed by atoms with Gasteiger partial charge in [0.05, 0.1) is 16.9 Å². The van der Waals surface area contributed by atoms with Crippen molar-refractivity contribution < 1.29 is 37.5 Å². The molecule has 2 aliphatic heterocycles. The molecule has 1 aromatic heterocycles. The van der Waals surface area contributed by atoms with Crippen LogP contribution in [-0.2, 0) is 25.4 Å². The summed E-state index contributed by atoms with van der Waals surface area (Å²) in [5.41, 5.74) is 0.721. The van der Waals surface area contributed by atoms with E-state index in [1.807, 2.05) is 0 Å². The van der Waals surface area contributed by atoms with E-state index in [9.17, 15) is 37.5 Å². The van der Waals surface area contributed by atoms with Gasteiger partial charge in [-0.3, -0.25) is 29.1 Å². The first-order valence-electron chi connectivity index (χ1n) is 13.9. The SMILES string of the molecule is Cc1cc([C@H]2C3=CC[C@@H]4C(=O)N(N(C)c5nc(C(F)(F)F)ccc5Cl)C(=O)[C@@H]4[C@@H]3C[C@@]3(Cl)C(=O)N(C)C(=O)[C@@]23Cl)cc(C)c1O. The van der Waals surface area contributed by atoms with Crippen LogP contribution >= 0.6 is 34.8 Å². The van der Waals surface area contributed by atoms with E-state index < -0.39 is 74.7 Å². The number of alkyl halides is 5. The smallest absolute Gasteiger partial charge is 0.433 e. The number of amides is 4. The van der Waals surface area contributed by atoms with E-state index in [0.717, 1.165) is 21.0 Å². The van der Waals surface area contributed by atoms with Crippen LogP contribution in [0.4, 0.5) is 19.0 Å². The predicted molar refractivity (Wildman–Crippen MR) is 158 cm³/mol. The number of carbonyl (C=O) groups is 4. The number of pyridine rings is 1. The second-order valence-electron chi connectivity index (χ2n) is 12.0. The molecule has 1 saturated carbocycles. The molecule has 238 valence electrons. The number of phenolic OH excluding ortho intramolecular Hbond substituents is 1. The first-order valence-corrected chi connectivity index (χ1v) is 15.0. The average molecular weight is 686 g/mol. The Kier molecular flexibility index (Phi) is 7.08. The van der Waals surface area contributed by atoms with Crippen LogP contribution in [0.25, 0.3) is 0 Å². The Bertz CT molecular complexity index is 1730. The summed E-state index contributed by atoms with van der Waals surface area (Å²) < 4.78 is 40.4. The molecule has 1 aromatic carbocycles. The van der Waals surface area contributed by atoms with Crippen LogP contribution in [0.15, 0.2) is 35.9 Å². The van der Waals surface area contributed by atoms with Crippen molar-refractivity contribution in [3.8, 4) is 5.75 Å². The monoisotopic (exact) mass is 684 g/mol. The summed E-state index contributed by atoms with van der Waals surface area (Å²) in [5, 5.41) is 11.9. The van der Waals surface area contributed by atoms with E-state index in [1.165, 1.54) is 14.1 Å². The van der Waals surface area contributed by atoms with Crippen molar-refractivity contribution in [3.05, 3.63) is 63.3 Å². The summed E-state index contributed by atoms with van der Waals surface area (Å²) in [6.45, 7) is 3.33. The van der Waals surface area contributed by atoms with Crippen LogP contribution in [-0.4, -0.2) is 67.5 Å². The maximum Gasteiger partial charge on any atom is 0.433 e. The molecule has 6 rings (SSSR count). The van der Waals surface area contributed by atoms with Crippen molar-refractivity contribution in [1.29, 1.82) is 0 Å². The summed E-state index contributed by atoms with van der Waals surface area (Å²) in [5.74, 6) is -7.25. The first kappa shape index (κ1) is 31.6. The molecular weight excluding hydrogens is 660 g/mol. The zero-order chi connectivity index (χ0) is 33.1. The van der Waals surface area contributed by atoms with Crippen LogP contribution in [0.2, 0.25) is 5.02 Å². The van der Waals surface area contributed by atoms with E-state index in [4.69, 9.17) is 34.8 Å². The number of hydrazine groups is 1. The summed E-state index contributed by atoms with van der Waals surface area (Å²) in [6.07, 6.45) is -3.29. The molecule has 45 heavy (non-hydrogen) atoms. The number of imide groups is 2. The van der Waals surface area contributed by atoms with Crippen LogP contribution < -0.4 is 5.01 Å². The Morgan fingerprint density at radius 3 is 2.24 bits per heavy atom. The fraction of sp³-hybridized carbons (Fsp3) is 0.433. The molecule has 3 heterocycles. The third-order valence-corrected chi connectivity index (χ3v) is 11.3. The van der Waals surface area contributed by atoms with Crippen LogP contribution in [0.1, 0.15) is 41.1 Å². The maximum absolute atomic E-state index is 14.2. The zero-order valence-corrected chi connectivity index (χ0v) is 26.5. The second kappa shape index (κ2) is 10.1. The normalized spacial score (nSPS) is 31.2. The summed E-state index contributed by atoms with van der Waals surface area (Å²) in [7, 11) is 2.48. The van der Waals surface area contributed by atoms with E-state index in [1.54, 1.807) is 32.1 Å². The minimum atomic E-state index is -4.81. The Balaban J connectivity index is 1.47. The van der Waals surface area contributed by atoms with Crippen molar-refractivity contribution in [2.45, 2.75) is 48.5 Å². The van der Waals surface area contributed by atoms with Gasteiger partial charge in [-0.1, -0.05) is 35.4 Å². The van der Waals surface area contributed by atoms with Gasteiger partial charge >= 0.3 is 6.18 Å². The lowest BCUT2D eigenvalue weighted by atomic mass is 9.56. The van der Waals surface area contributed by atoms with Crippen molar-refractivity contribution in [2.75, 3.05) is 19.1 Å². The van der Waals surface area contributed by atoms with E-state index in [2.05, 4.69) is 4.98 Å². The maximum atomic E-state index is 14.2. The molecular formula is C30H26Cl3F3N4O5. The molecule has 2 aliphatic carbocycles. The highest BCUT2D eigenvalue weighted by Crippen LogP contribution is 2.65. The van der Waals surface area contributed by atoms with Crippen molar-refractivity contribution in [3.63, 3.8) is 0 Å². The molecule has 6 atom stereocenters. The van der Waals surface area contributed by atoms with Gasteiger partial charge in [-0.25, -0.2) is 4.98 Å². The number of aromatic hydroxyl groups is 1. The molecule has 2 aromatic rings. The van der Waals surface area contributed by atoms with Crippen molar-refractivity contribution >= 4 is 64.2 Å². The van der Waals surface area contributed by atoms with E-state index in [-0.39, 0.29) is 23.6 Å². The van der Waals surface area contributed by atoms with Gasteiger partial charge in [0.25, 0.3) is 23.6 Å². The number of aromatic nitrogens is 1. The number of likely N-dealkylation sites (tertiary alicyclic amines) is 1. The van der Waals surface area contributed by atoms with E-state index in [0.29, 0.717) is 28.3 Å². The highest BCUT2D eigenvalue weighted by molar-refractivity contribution is 6.53. The standard InChI is InChI=1S/C30H26Cl3F3N4O5/c1-12-9-14(10-13(2)22(12)41)21-15-5-6-16-20(17(15)11-28(32)26(44)38(3)27(45)29(21,28)33)25(43)40(24(16)42)39(4)23-18(31)7-8-19(37-23)30(34,35)36/h5,7-10,16-17,20-21,41H,6,11H2,1-4H3/t16-,17+,20-,21-,28+,29-/m0/s1. The molecule has 4 aliphatic rings. The summed E-state index contributed by atoms with van der Waals surface area (Å²) >= 11 is 20.5. The second-order valence-corrected chi connectivity index (χ2v) is 13.7.